The fraction of sp³-hybridized carbons (Fsp3) is 0.346. The number of allylic oxidation sites excluding steroid dienone is 2. The standard InChI is InChI=1S/C24H27ClN2O2.C2H6/c1-4-16(5-2)21-9-7-19(15-23(21)29-3)27-24(28)18-6-8-20(22(25)14-18)17-10-12-26-13-11-17;1-2/h4,6-10,14-15,26H,5,11-13H2,1-3H3,(H,27,28);1-2H3/b16-4+;. The van der Waals surface area contributed by atoms with Crippen LogP contribution in [0.2, 0.25) is 5.02 Å². The van der Waals surface area contributed by atoms with Crippen molar-refractivity contribution in [2.75, 3.05) is 25.5 Å². The maximum atomic E-state index is 12.7. The monoisotopic (exact) mass is 440 g/mol. The molecule has 0 saturated carbocycles. The quantitative estimate of drug-likeness (QED) is 0.518. The molecule has 0 atom stereocenters. The van der Waals surface area contributed by atoms with E-state index < -0.39 is 0 Å². The van der Waals surface area contributed by atoms with Gasteiger partial charge in [0, 0.05) is 34.4 Å². The molecule has 1 amide bonds. The minimum absolute atomic E-state index is 0.200. The van der Waals surface area contributed by atoms with Crippen LogP contribution in [0.15, 0.2) is 48.6 Å². The van der Waals surface area contributed by atoms with Crippen LogP contribution in [0.4, 0.5) is 5.69 Å². The Morgan fingerprint density at radius 1 is 1.23 bits per heavy atom. The molecule has 0 unspecified atom stereocenters. The number of nitrogens with one attached hydrogen (secondary N) is 2. The van der Waals surface area contributed by atoms with Gasteiger partial charge in [-0.25, -0.2) is 0 Å². The molecule has 1 heterocycles. The Kier molecular flexibility index (Phi) is 9.83. The minimum Gasteiger partial charge on any atom is -0.496 e. The molecule has 1 aliphatic heterocycles. The molecule has 0 bridgehead atoms. The van der Waals surface area contributed by atoms with E-state index in [0.29, 0.717) is 16.3 Å². The summed E-state index contributed by atoms with van der Waals surface area (Å²) in [5.74, 6) is 0.540. The number of hydrogen-bond acceptors (Lipinski definition) is 3. The van der Waals surface area contributed by atoms with Gasteiger partial charge in [-0.2, -0.15) is 0 Å². The first-order valence-electron chi connectivity index (χ1n) is 10.9. The van der Waals surface area contributed by atoms with Crippen molar-refractivity contribution in [2.45, 2.75) is 40.5 Å². The molecule has 0 saturated heterocycles. The Morgan fingerprint density at radius 3 is 2.58 bits per heavy atom. The number of carbonyl (C=O) groups excluding carboxylic acids is 1. The highest BCUT2D eigenvalue weighted by atomic mass is 35.5. The van der Waals surface area contributed by atoms with Gasteiger partial charge in [-0.15, -0.1) is 0 Å². The van der Waals surface area contributed by atoms with E-state index in [2.05, 4.69) is 29.7 Å². The summed E-state index contributed by atoms with van der Waals surface area (Å²) in [7, 11) is 1.64. The van der Waals surface area contributed by atoms with Crippen molar-refractivity contribution in [3.63, 3.8) is 0 Å². The number of ether oxygens (including phenoxy) is 1. The van der Waals surface area contributed by atoms with Gasteiger partial charge in [0.15, 0.2) is 0 Å². The maximum absolute atomic E-state index is 12.7. The van der Waals surface area contributed by atoms with Crippen molar-refractivity contribution >= 4 is 34.3 Å². The Hall–Kier alpha value is -2.56. The summed E-state index contributed by atoms with van der Waals surface area (Å²) in [6, 6.07) is 11.2. The lowest BCUT2D eigenvalue weighted by molar-refractivity contribution is 0.102. The SMILES string of the molecule is C/C=C(\CC)c1ccc(NC(=O)c2ccc(C3=CCNCC3)c(Cl)c2)cc1OC.CC. The fourth-order valence-electron chi connectivity index (χ4n) is 3.57. The third-order valence-corrected chi connectivity index (χ3v) is 5.49. The lowest BCUT2D eigenvalue weighted by Crippen LogP contribution is -2.20. The van der Waals surface area contributed by atoms with Crippen LogP contribution in [-0.2, 0) is 0 Å². The number of hydrogen-bond donors (Lipinski definition) is 2. The highest BCUT2D eigenvalue weighted by molar-refractivity contribution is 6.32. The number of rotatable bonds is 6. The van der Waals surface area contributed by atoms with Crippen molar-refractivity contribution in [3.8, 4) is 5.75 Å². The van der Waals surface area contributed by atoms with Crippen LogP contribution in [0.1, 0.15) is 62.0 Å². The molecule has 2 aromatic carbocycles. The number of amides is 1. The molecular formula is C26H33ClN2O2. The number of anilines is 1. The van der Waals surface area contributed by atoms with E-state index in [1.807, 2.05) is 51.1 Å². The van der Waals surface area contributed by atoms with Crippen LogP contribution >= 0.6 is 11.6 Å². The van der Waals surface area contributed by atoms with E-state index in [1.165, 1.54) is 11.1 Å². The Balaban J connectivity index is 0.00000166. The van der Waals surface area contributed by atoms with Gasteiger partial charge in [0.25, 0.3) is 5.91 Å². The first-order chi connectivity index (χ1) is 15.1. The third kappa shape index (κ3) is 6.22. The predicted molar refractivity (Wildman–Crippen MR) is 133 cm³/mol. The van der Waals surface area contributed by atoms with Crippen molar-refractivity contribution in [3.05, 3.63) is 70.3 Å². The molecule has 0 aliphatic carbocycles. The largest absolute Gasteiger partial charge is 0.496 e. The summed E-state index contributed by atoms with van der Waals surface area (Å²) in [6.07, 6.45) is 6.07. The summed E-state index contributed by atoms with van der Waals surface area (Å²) < 4.78 is 5.54. The van der Waals surface area contributed by atoms with Crippen molar-refractivity contribution in [1.29, 1.82) is 0 Å². The number of carbonyl (C=O) groups is 1. The van der Waals surface area contributed by atoms with Crippen molar-refractivity contribution < 1.29 is 9.53 Å². The first-order valence-corrected chi connectivity index (χ1v) is 11.3. The van der Waals surface area contributed by atoms with Gasteiger partial charge in [-0.1, -0.05) is 50.6 Å². The second-order valence-corrected chi connectivity index (χ2v) is 7.32. The lowest BCUT2D eigenvalue weighted by Gasteiger charge is -2.16. The molecule has 4 nitrogen and oxygen atoms in total. The van der Waals surface area contributed by atoms with Crippen LogP contribution in [0.5, 0.6) is 5.75 Å². The number of benzene rings is 2. The van der Waals surface area contributed by atoms with E-state index in [1.54, 1.807) is 13.2 Å². The van der Waals surface area contributed by atoms with Gasteiger partial charge in [-0.05, 0) is 67.3 Å². The normalized spacial score (nSPS) is 13.6. The zero-order valence-electron chi connectivity index (χ0n) is 19.1. The number of halogens is 1. The summed E-state index contributed by atoms with van der Waals surface area (Å²) >= 11 is 6.48. The second-order valence-electron chi connectivity index (χ2n) is 6.91. The molecule has 1 aliphatic rings. The maximum Gasteiger partial charge on any atom is 0.255 e. The minimum atomic E-state index is -0.200. The van der Waals surface area contributed by atoms with Gasteiger partial charge in [-0.3, -0.25) is 4.79 Å². The van der Waals surface area contributed by atoms with E-state index in [0.717, 1.165) is 42.8 Å². The zero-order chi connectivity index (χ0) is 22.8. The fourth-order valence-corrected chi connectivity index (χ4v) is 3.87. The van der Waals surface area contributed by atoms with Gasteiger partial charge in [0.1, 0.15) is 5.75 Å². The summed E-state index contributed by atoms with van der Waals surface area (Å²) in [5, 5.41) is 6.83. The van der Waals surface area contributed by atoms with Crippen LogP contribution in [0.25, 0.3) is 11.1 Å². The molecule has 5 heteroatoms. The molecule has 2 N–H and O–H groups in total. The van der Waals surface area contributed by atoms with Crippen LogP contribution in [0, 0.1) is 0 Å². The van der Waals surface area contributed by atoms with Crippen molar-refractivity contribution in [1.82, 2.24) is 5.32 Å². The Bertz CT molecular complexity index is 964. The van der Waals surface area contributed by atoms with Gasteiger partial charge < -0.3 is 15.4 Å². The van der Waals surface area contributed by atoms with Crippen LogP contribution in [0.3, 0.4) is 0 Å². The zero-order valence-corrected chi connectivity index (χ0v) is 19.9. The molecule has 2 aromatic rings. The number of methoxy groups -OCH3 is 1. The Labute approximate surface area is 191 Å². The Morgan fingerprint density at radius 2 is 2.00 bits per heavy atom. The molecule has 31 heavy (non-hydrogen) atoms. The average Bonchev–Trinajstić information content (AvgIpc) is 2.82. The van der Waals surface area contributed by atoms with Crippen LogP contribution in [-0.4, -0.2) is 26.1 Å². The van der Waals surface area contributed by atoms with E-state index in [9.17, 15) is 4.79 Å². The lowest BCUT2D eigenvalue weighted by atomic mass is 9.98. The van der Waals surface area contributed by atoms with Gasteiger partial charge in [0.2, 0.25) is 0 Å². The summed E-state index contributed by atoms with van der Waals surface area (Å²) in [5.41, 5.74) is 5.67. The second kappa shape index (κ2) is 12.3. The molecule has 166 valence electrons. The van der Waals surface area contributed by atoms with E-state index >= 15 is 0 Å². The highest BCUT2D eigenvalue weighted by Crippen LogP contribution is 2.32. The van der Waals surface area contributed by atoms with Crippen molar-refractivity contribution in [2.24, 2.45) is 0 Å². The first kappa shape index (κ1) is 24.7. The molecule has 0 fully saturated rings. The predicted octanol–water partition coefficient (Wildman–Crippen LogP) is 6.82. The van der Waals surface area contributed by atoms with E-state index in [4.69, 9.17) is 16.3 Å². The van der Waals surface area contributed by atoms with Gasteiger partial charge >= 0.3 is 0 Å². The van der Waals surface area contributed by atoms with Crippen LogP contribution < -0.4 is 15.4 Å². The topological polar surface area (TPSA) is 50.4 Å². The summed E-state index contributed by atoms with van der Waals surface area (Å²) in [6.45, 7) is 9.91. The molecule has 0 radical (unpaired) electrons. The highest BCUT2D eigenvalue weighted by Gasteiger charge is 2.14. The smallest absolute Gasteiger partial charge is 0.255 e. The average molecular weight is 441 g/mol. The molecule has 0 spiro atoms. The third-order valence-electron chi connectivity index (χ3n) is 5.18. The molecular weight excluding hydrogens is 408 g/mol. The summed E-state index contributed by atoms with van der Waals surface area (Å²) in [4.78, 5) is 12.7. The van der Waals surface area contributed by atoms with E-state index in [-0.39, 0.29) is 5.91 Å². The molecule has 0 aromatic heterocycles. The van der Waals surface area contributed by atoms with Gasteiger partial charge in [0.05, 0.1) is 7.11 Å². The molecule has 3 rings (SSSR count).